The predicted molar refractivity (Wildman–Crippen MR) is 92.4 cm³/mol. The molecule has 0 radical (unpaired) electrons. The van der Waals surface area contributed by atoms with Gasteiger partial charge < -0.3 is 10.6 Å². The van der Waals surface area contributed by atoms with E-state index in [-0.39, 0.29) is 22.4 Å². The normalized spacial score (nSPS) is 18.8. The van der Waals surface area contributed by atoms with Crippen LogP contribution in [0.25, 0.3) is 0 Å². The molecule has 0 aromatic carbocycles. The lowest BCUT2D eigenvalue weighted by atomic mass is 9.80. The van der Waals surface area contributed by atoms with Gasteiger partial charge in [0.15, 0.2) is 11.6 Å². The summed E-state index contributed by atoms with van der Waals surface area (Å²) in [5.74, 6) is -0.0741. The van der Waals surface area contributed by atoms with Gasteiger partial charge in [-0.3, -0.25) is 4.99 Å². The molecule has 0 spiro atoms. The molecule has 0 unspecified atom stereocenters. The molecule has 0 fully saturated rings. The fourth-order valence-corrected chi connectivity index (χ4v) is 3.10. The number of halogens is 2. The number of hydrogen-bond donors (Lipinski definition) is 1. The minimum Gasteiger partial charge on any atom is -0.401 e. The molecule has 1 aromatic heterocycles. The monoisotopic (exact) mass is 339 g/mol. The van der Waals surface area contributed by atoms with Crippen LogP contribution >= 0.6 is 11.6 Å². The summed E-state index contributed by atoms with van der Waals surface area (Å²) in [5, 5.41) is 0.0246. The van der Waals surface area contributed by atoms with Crippen LogP contribution in [-0.2, 0) is 0 Å². The number of rotatable bonds is 3. The van der Waals surface area contributed by atoms with Crippen LogP contribution in [-0.4, -0.2) is 35.8 Å². The highest BCUT2D eigenvalue weighted by molar-refractivity contribution is 6.28. The first-order valence-corrected chi connectivity index (χ1v) is 7.94. The van der Waals surface area contributed by atoms with E-state index in [9.17, 15) is 4.39 Å². The number of nitrogens with two attached hydrogens (primary N) is 1. The number of aliphatic imine (C=N–C) groups is 1. The molecular weight excluding hydrogens is 317 g/mol. The summed E-state index contributed by atoms with van der Waals surface area (Å²) in [5.41, 5.74) is 8.73. The SMILES string of the molecule is CN=C(C1=C(N)C(C)(C)CN(c2nc(Cl)ncc2F)C1)C(C)C. The van der Waals surface area contributed by atoms with Crippen molar-refractivity contribution in [2.24, 2.45) is 22.1 Å². The molecule has 1 aromatic rings. The second kappa shape index (κ2) is 6.43. The summed E-state index contributed by atoms with van der Waals surface area (Å²) < 4.78 is 14.2. The molecule has 1 aliphatic rings. The van der Waals surface area contributed by atoms with E-state index in [1.54, 1.807) is 7.05 Å². The lowest BCUT2D eigenvalue weighted by Gasteiger charge is -2.41. The first-order chi connectivity index (χ1) is 10.7. The Morgan fingerprint density at radius 1 is 1.48 bits per heavy atom. The Bertz CT molecular complexity index is 666. The fraction of sp³-hybridized carbons (Fsp3) is 0.562. The molecule has 0 saturated heterocycles. The van der Waals surface area contributed by atoms with Crippen LogP contribution in [0.15, 0.2) is 22.5 Å². The van der Waals surface area contributed by atoms with Gasteiger partial charge in [-0.25, -0.2) is 9.37 Å². The van der Waals surface area contributed by atoms with Crippen LogP contribution in [0.2, 0.25) is 5.28 Å². The Kier molecular flexibility index (Phi) is 4.94. The lowest BCUT2D eigenvalue weighted by molar-refractivity contribution is 0.413. The molecule has 2 N–H and O–H groups in total. The molecule has 23 heavy (non-hydrogen) atoms. The third kappa shape index (κ3) is 3.47. The molecule has 0 amide bonds. The summed E-state index contributed by atoms with van der Waals surface area (Å²) in [7, 11) is 1.75. The van der Waals surface area contributed by atoms with Gasteiger partial charge in [0.05, 0.1) is 6.20 Å². The second-order valence-corrected chi connectivity index (χ2v) is 7.04. The zero-order valence-corrected chi connectivity index (χ0v) is 14.9. The van der Waals surface area contributed by atoms with Crippen molar-refractivity contribution in [3.8, 4) is 0 Å². The van der Waals surface area contributed by atoms with Gasteiger partial charge in [-0.05, 0) is 17.5 Å². The van der Waals surface area contributed by atoms with Crippen molar-refractivity contribution in [2.75, 3.05) is 25.0 Å². The fourth-order valence-electron chi connectivity index (χ4n) is 2.97. The van der Waals surface area contributed by atoms with Crippen molar-refractivity contribution in [1.29, 1.82) is 0 Å². The van der Waals surface area contributed by atoms with Gasteiger partial charge in [-0.15, -0.1) is 0 Å². The first kappa shape index (κ1) is 17.7. The zero-order chi connectivity index (χ0) is 17.4. The van der Waals surface area contributed by atoms with Crippen LogP contribution in [0.1, 0.15) is 27.7 Å². The van der Waals surface area contributed by atoms with Gasteiger partial charge in [0.1, 0.15) is 0 Å². The standard InChI is InChI=1S/C16H23ClFN5/c1-9(2)12(20-5)10-7-23(8-16(3,4)13(10)19)14-11(18)6-21-15(17)22-14/h6,9H,7-8,19H2,1-5H3. The van der Waals surface area contributed by atoms with Crippen LogP contribution in [0.3, 0.4) is 0 Å². The Morgan fingerprint density at radius 3 is 2.70 bits per heavy atom. The van der Waals surface area contributed by atoms with Crippen LogP contribution < -0.4 is 10.6 Å². The average Bonchev–Trinajstić information content (AvgIpc) is 2.46. The summed E-state index contributed by atoms with van der Waals surface area (Å²) in [6, 6.07) is 0. The largest absolute Gasteiger partial charge is 0.401 e. The molecule has 0 aliphatic carbocycles. The molecule has 0 atom stereocenters. The molecule has 1 aliphatic heterocycles. The molecule has 2 rings (SSSR count). The van der Waals surface area contributed by atoms with Crippen LogP contribution in [0.4, 0.5) is 10.2 Å². The maximum atomic E-state index is 14.2. The predicted octanol–water partition coefficient (Wildman–Crippen LogP) is 3.05. The Labute approximate surface area is 141 Å². The van der Waals surface area contributed by atoms with Crippen molar-refractivity contribution >= 4 is 23.1 Å². The van der Waals surface area contributed by atoms with Gasteiger partial charge >= 0.3 is 0 Å². The molecule has 126 valence electrons. The van der Waals surface area contributed by atoms with Crippen molar-refractivity contribution in [1.82, 2.24) is 9.97 Å². The van der Waals surface area contributed by atoms with Crippen molar-refractivity contribution < 1.29 is 4.39 Å². The van der Waals surface area contributed by atoms with Crippen molar-refractivity contribution in [2.45, 2.75) is 27.7 Å². The third-order valence-corrected chi connectivity index (χ3v) is 4.26. The average molecular weight is 340 g/mol. The quantitative estimate of drug-likeness (QED) is 0.679. The van der Waals surface area contributed by atoms with E-state index in [0.717, 1.165) is 23.2 Å². The highest BCUT2D eigenvalue weighted by atomic mass is 35.5. The summed E-state index contributed by atoms with van der Waals surface area (Å²) in [4.78, 5) is 14.0. The minimum absolute atomic E-state index is 0.0246. The van der Waals surface area contributed by atoms with Crippen LogP contribution in [0.5, 0.6) is 0 Å². The molecular formula is C16H23ClFN5. The van der Waals surface area contributed by atoms with E-state index < -0.39 is 5.82 Å². The highest BCUT2D eigenvalue weighted by Gasteiger charge is 2.36. The summed E-state index contributed by atoms with van der Waals surface area (Å²) >= 11 is 5.84. The Balaban J connectivity index is 2.51. The van der Waals surface area contributed by atoms with Crippen LogP contribution in [0, 0.1) is 17.2 Å². The van der Waals surface area contributed by atoms with E-state index in [4.69, 9.17) is 17.3 Å². The van der Waals surface area contributed by atoms with E-state index in [0.29, 0.717) is 13.1 Å². The number of nitrogens with zero attached hydrogens (tertiary/aromatic N) is 4. The maximum Gasteiger partial charge on any atom is 0.224 e. The third-order valence-electron chi connectivity index (χ3n) is 4.08. The van der Waals surface area contributed by atoms with Crippen molar-refractivity contribution in [3.05, 3.63) is 28.6 Å². The van der Waals surface area contributed by atoms with Crippen molar-refractivity contribution in [3.63, 3.8) is 0 Å². The van der Waals surface area contributed by atoms with Gasteiger partial charge in [0.2, 0.25) is 5.28 Å². The van der Waals surface area contributed by atoms with E-state index >= 15 is 0 Å². The second-order valence-electron chi connectivity index (χ2n) is 6.71. The molecule has 0 saturated carbocycles. The molecule has 7 heteroatoms. The zero-order valence-electron chi connectivity index (χ0n) is 14.2. The topological polar surface area (TPSA) is 67.4 Å². The van der Waals surface area contributed by atoms with Gasteiger partial charge in [0.25, 0.3) is 0 Å². The maximum absolute atomic E-state index is 14.2. The highest BCUT2D eigenvalue weighted by Crippen LogP contribution is 2.35. The van der Waals surface area contributed by atoms with Gasteiger partial charge in [0, 0.05) is 42.5 Å². The lowest BCUT2D eigenvalue weighted by Crippen LogP contribution is -2.47. The number of anilines is 1. The Hall–Kier alpha value is -1.69. The van der Waals surface area contributed by atoms with Gasteiger partial charge in [-0.2, -0.15) is 4.98 Å². The summed E-state index contributed by atoms with van der Waals surface area (Å²) in [6.45, 7) is 9.19. The number of aromatic nitrogens is 2. The first-order valence-electron chi connectivity index (χ1n) is 7.56. The van der Waals surface area contributed by atoms with E-state index in [2.05, 4.69) is 28.8 Å². The van der Waals surface area contributed by atoms with E-state index in [1.165, 1.54) is 0 Å². The molecule has 0 bridgehead atoms. The smallest absolute Gasteiger partial charge is 0.224 e. The van der Waals surface area contributed by atoms with Gasteiger partial charge in [-0.1, -0.05) is 27.7 Å². The molecule has 2 heterocycles. The Morgan fingerprint density at radius 2 is 2.13 bits per heavy atom. The van der Waals surface area contributed by atoms with E-state index in [1.807, 2.05) is 18.7 Å². The summed E-state index contributed by atoms with van der Waals surface area (Å²) in [6.07, 6.45) is 1.09. The minimum atomic E-state index is -0.496. The number of hydrogen-bond acceptors (Lipinski definition) is 5. The molecule has 5 nitrogen and oxygen atoms in total.